The van der Waals surface area contributed by atoms with E-state index in [4.69, 9.17) is 22.2 Å². The Bertz CT molecular complexity index is 936. The molecule has 0 amide bonds. The number of rotatable bonds is 6. The van der Waals surface area contributed by atoms with Gasteiger partial charge in [0.2, 0.25) is 5.95 Å². The largest absolute Gasteiger partial charge is 0.361 e. The summed E-state index contributed by atoms with van der Waals surface area (Å²) >= 11 is 5.78. The van der Waals surface area contributed by atoms with Crippen molar-refractivity contribution in [1.29, 1.82) is 0 Å². The fraction of sp³-hybridized carbons (Fsp3) is 0.621. The molecule has 2 N–H and O–H groups in total. The summed E-state index contributed by atoms with van der Waals surface area (Å²) in [6.07, 6.45) is 15.1. The quantitative estimate of drug-likeness (QED) is 0.464. The molecule has 7 heteroatoms. The van der Waals surface area contributed by atoms with Crippen molar-refractivity contribution in [3.8, 4) is 0 Å². The molecule has 0 spiro atoms. The maximum absolute atomic E-state index is 5.78. The lowest BCUT2D eigenvalue weighted by molar-refractivity contribution is 0.435. The summed E-state index contributed by atoms with van der Waals surface area (Å²) in [5, 5.41) is 7.53. The number of nitrogens with zero attached hydrogens (tertiary/aromatic N) is 4. The second-order valence-corrected chi connectivity index (χ2v) is 11.3. The van der Waals surface area contributed by atoms with E-state index in [1.807, 2.05) is 0 Å². The molecule has 1 aliphatic carbocycles. The molecule has 1 aromatic heterocycles. The van der Waals surface area contributed by atoms with Gasteiger partial charge in [0.05, 0.1) is 0 Å². The zero-order chi connectivity index (χ0) is 24.6. The minimum absolute atomic E-state index is 0.152. The molecule has 2 aliphatic heterocycles. The summed E-state index contributed by atoms with van der Waals surface area (Å²) in [7, 11) is 0. The molecule has 194 valence electrons. The van der Waals surface area contributed by atoms with Crippen molar-refractivity contribution in [3.05, 3.63) is 42.0 Å². The zero-order valence-electron chi connectivity index (χ0n) is 21.7. The van der Waals surface area contributed by atoms with Gasteiger partial charge >= 0.3 is 0 Å². The highest BCUT2D eigenvalue weighted by molar-refractivity contribution is 7.80. The topological polar surface area (TPSA) is 56.3 Å². The van der Waals surface area contributed by atoms with Crippen LogP contribution in [-0.4, -0.2) is 47.8 Å². The van der Waals surface area contributed by atoms with Crippen LogP contribution >= 0.6 is 12.2 Å². The summed E-state index contributed by atoms with van der Waals surface area (Å²) in [6, 6.07) is 13.1. The van der Waals surface area contributed by atoms with Crippen LogP contribution in [0.2, 0.25) is 0 Å². The molecule has 1 saturated carbocycles. The standard InChI is InChI=1S/C29H42N6S/c36-28(30-23-29(16-8-9-17-29)24-14-6-5-7-15-24)33-27-31-25(34-18-10-1-2-11-19-34)22-26(32-27)35-20-12-3-4-13-21-35/h5-7,14-15,22H,1-4,8-13,16-21,23H2,(H2,30,31,32,33,36). The fourth-order valence-corrected chi connectivity index (χ4v) is 6.37. The zero-order valence-corrected chi connectivity index (χ0v) is 22.5. The van der Waals surface area contributed by atoms with Crippen LogP contribution in [0.15, 0.2) is 36.4 Å². The van der Waals surface area contributed by atoms with E-state index in [-0.39, 0.29) is 5.41 Å². The third-order valence-electron chi connectivity index (χ3n) is 8.32. The van der Waals surface area contributed by atoms with Crippen molar-refractivity contribution in [1.82, 2.24) is 15.3 Å². The van der Waals surface area contributed by atoms with E-state index in [0.717, 1.165) is 44.4 Å². The molecule has 36 heavy (non-hydrogen) atoms. The summed E-state index contributed by atoms with van der Waals surface area (Å²) in [5.74, 6) is 2.69. The molecule has 3 aliphatic rings. The Kier molecular flexibility index (Phi) is 8.57. The monoisotopic (exact) mass is 506 g/mol. The predicted molar refractivity (Wildman–Crippen MR) is 154 cm³/mol. The Morgan fingerprint density at radius 3 is 1.81 bits per heavy atom. The number of anilines is 3. The second-order valence-electron chi connectivity index (χ2n) is 10.9. The Balaban J connectivity index is 1.32. The van der Waals surface area contributed by atoms with Gasteiger partial charge in [-0.3, -0.25) is 0 Å². The number of aromatic nitrogens is 2. The summed E-state index contributed by atoms with van der Waals surface area (Å²) in [6.45, 7) is 5.11. The average molecular weight is 507 g/mol. The van der Waals surface area contributed by atoms with Gasteiger partial charge in [0.1, 0.15) is 11.6 Å². The first-order valence-electron chi connectivity index (χ1n) is 14.2. The molecule has 2 aromatic rings. The highest BCUT2D eigenvalue weighted by atomic mass is 32.1. The first-order chi connectivity index (χ1) is 17.7. The van der Waals surface area contributed by atoms with Gasteiger partial charge in [-0.15, -0.1) is 0 Å². The minimum Gasteiger partial charge on any atom is -0.361 e. The minimum atomic E-state index is 0.152. The molecule has 6 nitrogen and oxygen atoms in total. The van der Waals surface area contributed by atoms with Gasteiger partial charge in [0, 0.05) is 44.2 Å². The lowest BCUT2D eigenvalue weighted by Crippen LogP contribution is -2.41. The first kappa shape index (κ1) is 25.2. The molecule has 0 unspecified atom stereocenters. The van der Waals surface area contributed by atoms with Crippen molar-refractivity contribution in [2.45, 2.75) is 82.5 Å². The van der Waals surface area contributed by atoms with E-state index in [1.165, 1.54) is 82.6 Å². The van der Waals surface area contributed by atoms with Gasteiger partial charge in [-0.1, -0.05) is 68.9 Å². The van der Waals surface area contributed by atoms with Crippen LogP contribution in [-0.2, 0) is 5.41 Å². The molecule has 1 aromatic carbocycles. The predicted octanol–water partition coefficient (Wildman–Crippen LogP) is 6.04. The molecule has 0 radical (unpaired) electrons. The van der Waals surface area contributed by atoms with Crippen LogP contribution in [0.1, 0.15) is 82.6 Å². The van der Waals surface area contributed by atoms with E-state index in [0.29, 0.717) is 11.1 Å². The third kappa shape index (κ3) is 6.28. The van der Waals surface area contributed by atoms with E-state index in [1.54, 1.807) is 0 Å². The molecule has 3 fully saturated rings. The van der Waals surface area contributed by atoms with Crippen LogP contribution in [0.25, 0.3) is 0 Å². The lowest BCUT2D eigenvalue weighted by Gasteiger charge is -2.30. The summed E-state index contributed by atoms with van der Waals surface area (Å²) in [5.41, 5.74) is 1.57. The number of nitrogens with one attached hydrogen (secondary N) is 2. The van der Waals surface area contributed by atoms with Gasteiger partial charge in [0.15, 0.2) is 5.11 Å². The van der Waals surface area contributed by atoms with Gasteiger partial charge in [-0.25, -0.2) is 0 Å². The van der Waals surface area contributed by atoms with Crippen LogP contribution in [0.5, 0.6) is 0 Å². The van der Waals surface area contributed by atoms with Crippen molar-refractivity contribution in [3.63, 3.8) is 0 Å². The highest BCUT2D eigenvalue weighted by Gasteiger charge is 2.35. The molecule has 3 heterocycles. The Labute approximate surface area is 222 Å². The van der Waals surface area contributed by atoms with Gasteiger partial charge in [-0.05, 0) is 56.3 Å². The SMILES string of the molecule is S=C(NCC1(c2ccccc2)CCCC1)Nc1nc(N2CCCCCC2)cc(N2CCCCCC2)n1. The fourth-order valence-electron chi connectivity index (χ4n) is 6.21. The Hall–Kier alpha value is -2.41. The third-order valence-corrected chi connectivity index (χ3v) is 8.57. The average Bonchev–Trinajstić information content (AvgIpc) is 3.08. The first-order valence-corrected chi connectivity index (χ1v) is 14.6. The lowest BCUT2D eigenvalue weighted by atomic mass is 9.79. The number of hydrogen-bond acceptors (Lipinski definition) is 5. The van der Waals surface area contributed by atoms with Crippen LogP contribution in [0.4, 0.5) is 17.6 Å². The molecule has 2 saturated heterocycles. The van der Waals surface area contributed by atoms with Gasteiger partial charge < -0.3 is 20.4 Å². The van der Waals surface area contributed by atoms with E-state index in [9.17, 15) is 0 Å². The molecular weight excluding hydrogens is 464 g/mol. The molecule has 0 bridgehead atoms. The highest BCUT2D eigenvalue weighted by Crippen LogP contribution is 2.40. The van der Waals surface area contributed by atoms with Gasteiger partial charge in [0.25, 0.3) is 0 Å². The summed E-state index contributed by atoms with van der Waals surface area (Å²) < 4.78 is 0. The number of benzene rings is 1. The van der Waals surface area contributed by atoms with Crippen LogP contribution in [0.3, 0.4) is 0 Å². The van der Waals surface area contributed by atoms with Crippen molar-refractivity contribution >= 4 is 34.9 Å². The Morgan fingerprint density at radius 2 is 1.28 bits per heavy atom. The number of thiocarbonyl (C=S) groups is 1. The molecule has 0 atom stereocenters. The van der Waals surface area contributed by atoms with Crippen molar-refractivity contribution in [2.75, 3.05) is 47.8 Å². The second kappa shape index (κ2) is 12.2. The van der Waals surface area contributed by atoms with E-state index >= 15 is 0 Å². The Morgan fingerprint density at radius 1 is 0.750 bits per heavy atom. The van der Waals surface area contributed by atoms with Crippen molar-refractivity contribution in [2.24, 2.45) is 0 Å². The smallest absolute Gasteiger partial charge is 0.232 e. The van der Waals surface area contributed by atoms with E-state index in [2.05, 4.69) is 56.8 Å². The van der Waals surface area contributed by atoms with Crippen LogP contribution < -0.4 is 20.4 Å². The summed E-state index contributed by atoms with van der Waals surface area (Å²) in [4.78, 5) is 14.8. The number of hydrogen-bond donors (Lipinski definition) is 2. The molecule has 5 rings (SSSR count). The van der Waals surface area contributed by atoms with Crippen molar-refractivity contribution < 1.29 is 0 Å². The van der Waals surface area contributed by atoms with Crippen LogP contribution in [0, 0.1) is 0 Å². The van der Waals surface area contributed by atoms with Gasteiger partial charge in [-0.2, -0.15) is 9.97 Å². The normalized spacial score (nSPS) is 20.4. The maximum Gasteiger partial charge on any atom is 0.232 e. The molecular formula is C29H42N6S. The van der Waals surface area contributed by atoms with E-state index < -0.39 is 0 Å². The maximum atomic E-state index is 5.78.